The van der Waals surface area contributed by atoms with Gasteiger partial charge in [-0.25, -0.2) is 0 Å². The van der Waals surface area contributed by atoms with E-state index in [0.717, 1.165) is 57.8 Å². The Balaban J connectivity index is 0.000000354. The molecule has 3 N–H and O–H groups in total. The Kier molecular flexibility index (Phi) is 13.7. The number of hydrogen-bond acceptors (Lipinski definition) is 4. The van der Waals surface area contributed by atoms with Gasteiger partial charge in [-0.05, 0) is 81.2 Å². The summed E-state index contributed by atoms with van der Waals surface area (Å²) in [6.45, 7) is 11.8. The first-order chi connectivity index (χ1) is 16.7. The first kappa shape index (κ1) is 30.7. The molecule has 1 aliphatic carbocycles. The summed E-state index contributed by atoms with van der Waals surface area (Å²) < 4.78 is 6.21. The molecule has 0 atom stereocenters. The maximum absolute atomic E-state index is 12.3. The van der Waals surface area contributed by atoms with E-state index < -0.39 is 0 Å². The van der Waals surface area contributed by atoms with E-state index in [-0.39, 0.29) is 17.6 Å². The predicted octanol–water partition coefficient (Wildman–Crippen LogP) is 7.98. The lowest BCUT2D eigenvalue weighted by Crippen LogP contribution is -2.27. The summed E-state index contributed by atoms with van der Waals surface area (Å²) in [4.78, 5) is 23.5. The molecule has 1 fully saturated rings. The zero-order valence-electron chi connectivity index (χ0n) is 22.5. The minimum absolute atomic E-state index is 0.0600. The number of methoxy groups -OCH3 is 1. The van der Waals surface area contributed by atoms with Crippen molar-refractivity contribution in [3.8, 4) is 5.75 Å². The topological polar surface area (TPSA) is 81.4 Å². The number of nitrogens with two attached hydrogens (primary N) is 1. The highest BCUT2D eigenvalue weighted by Crippen LogP contribution is 2.32. The Labute approximate surface area is 220 Å². The molecule has 1 amide bonds. The zero-order valence-corrected chi connectivity index (χ0v) is 24.1. The lowest BCUT2D eigenvalue weighted by Gasteiger charge is -2.27. The number of benzene rings is 2. The van der Waals surface area contributed by atoms with Gasteiger partial charge in [0.1, 0.15) is 5.75 Å². The van der Waals surface area contributed by atoms with Crippen molar-refractivity contribution in [2.75, 3.05) is 18.2 Å². The number of nitrogen functional groups attached to an aromatic ring is 1. The predicted molar refractivity (Wildman–Crippen MR) is 151 cm³/mol. The van der Waals surface area contributed by atoms with Gasteiger partial charge in [-0.15, -0.1) is 0 Å². The largest absolute Gasteiger partial charge is 0.496 e. The van der Waals surface area contributed by atoms with Crippen LogP contribution in [0, 0.1) is 18.8 Å². The molecule has 0 bridgehead atoms. The van der Waals surface area contributed by atoms with Crippen LogP contribution in [-0.4, -0.2) is 18.8 Å². The molecular weight excluding hydrogens is 504 g/mol. The molecule has 0 heterocycles. The quantitative estimate of drug-likeness (QED) is 0.284. The highest BCUT2D eigenvalue weighted by atomic mass is 79.9. The molecule has 0 spiro atoms. The molecule has 5 nitrogen and oxygen atoms in total. The third-order valence-corrected chi connectivity index (χ3v) is 7.13. The van der Waals surface area contributed by atoms with Crippen LogP contribution in [0.5, 0.6) is 5.75 Å². The number of Topliss-reactive ketones (excluding diaryl/α,β-unsaturated/α-hetero) is 1. The molecule has 2 aromatic rings. The minimum atomic E-state index is 0.0600. The number of anilines is 2. The van der Waals surface area contributed by atoms with Crippen molar-refractivity contribution in [3.05, 3.63) is 51.5 Å². The number of hydrogen-bond donors (Lipinski definition) is 2. The molecule has 0 unspecified atom stereocenters. The lowest BCUT2D eigenvalue weighted by molar-refractivity contribution is -0.121. The fourth-order valence-electron chi connectivity index (χ4n) is 4.31. The number of carbonyl (C=O) groups excluding carboxylic acids is 2. The van der Waals surface area contributed by atoms with E-state index in [0.29, 0.717) is 5.69 Å². The average Bonchev–Trinajstić information content (AvgIpc) is 2.86. The van der Waals surface area contributed by atoms with Crippen LogP contribution in [0.2, 0.25) is 0 Å². The van der Waals surface area contributed by atoms with Crippen molar-refractivity contribution < 1.29 is 14.3 Å². The Morgan fingerprint density at radius 3 is 2.23 bits per heavy atom. The van der Waals surface area contributed by atoms with Gasteiger partial charge in [-0.1, -0.05) is 56.1 Å². The summed E-state index contributed by atoms with van der Waals surface area (Å²) in [6, 6.07) is 9.36. The van der Waals surface area contributed by atoms with Gasteiger partial charge >= 0.3 is 0 Å². The molecule has 0 aromatic heterocycles. The maximum atomic E-state index is 12.3. The van der Waals surface area contributed by atoms with Crippen molar-refractivity contribution in [2.45, 2.75) is 80.1 Å². The molecule has 3 rings (SSSR count). The number of aryl methyl sites for hydroxylation is 1. The second-order valence-corrected chi connectivity index (χ2v) is 9.59. The van der Waals surface area contributed by atoms with Gasteiger partial charge in [0, 0.05) is 33.4 Å². The van der Waals surface area contributed by atoms with E-state index in [4.69, 9.17) is 10.5 Å². The Morgan fingerprint density at radius 1 is 1.09 bits per heavy atom. The van der Waals surface area contributed by atoms with E-state index in [9.17, 15) is 9.59 Å². The van der Waals surface area contributed by atoms with Crippen LogP contribution in [0.25, 0.3) is 0 Å². The van der Waals surface area contributed by atoms with Gasteiger partial charge in [0.2, 0.25) is 5.91 Å². The zero-order chi connectivity index (χ0) is 26.5. The van der Waals surface area contributed by atoms with Crippen LogP contribution in [0.1, 0.15) is 88.2 Å². The molecule has 1 aliphatic rings. The first-order valence-electron chi connectivity index (χ1n) is 12.7. The van der Waals surface area contributed by atoms with Crippen LogP contribution in [-0.2, 0) is 11.2 Å². The second kappa shape index (κ2) is 15.6. The number of ketones is 1. The molecule has 0 aliphatic heterocycles. The van der Waals surface area contributed by atoms with Gasteiger partial charge in [-0.2, -0.15) is 0 Å². The van der Waals surface area contributed by atoms with Crippen molar-refractivity contribution in [1.29, 1.82) is 0 Å². The lowest BCUT2D eigenvalue weighted by atomic mass is 9.80. The Morgan fingerprint density at radius 2 is 1.71 bits per heavy atom. The standard InChI is InChI=1S/C17H25NO2.C10H12BrNO.C2H6/c1-4-13-6-8-14(9-7-13)17(19)18-15-10-5-12(2)16(11-15)20-3;1-3-8-9(6(2)13)4-7(12)5-10(8)11;1-2/h5,10-11,13-14H,4,6-9H2,1-3H3,(H,18,19);4-5H,3,12H2,1-2H3;1-2H3. The summed E-state index contributed by atoms with van der Waals surface area (Å²) >= 11 is 3.39. The SMILES string of the molecule is CC.CCC1CCC(C(=O)Nc2ccc(C)c(OC)c2)CC1.CCc1c(Br)cc(N)cc1C(C)=O. The highest BCUT2D eigenvalue weighted by Gasteiger charge is 2.25. The van der Waals surface area contributed by atoms with Gasteiger partial charge in [-0.3, -0.25) is 9.59 Å². The molecule has 2 aromatic carbocycles. The molecule has 194 valence electrons. The maximum Gasteiger partial charge on any atom is 0.227 e. The fraction of sp³-hybridized carbons (Fsp3) is 0.517. The smallest absolute Gasteiger partial charge is 0.227 e. The molecule has 35 heavy (non-hydrogen) atoms. The molecule has 0 saturated heterocycles. The molecule has 1 saturated carbocycles. The van der Waals surface area contributed by atoms with Gasteiger partial charge in [0.15, 0.2) is 5.78 Å². The van der Waals surface area contributed by atoms with Crippen LogP contribution >= 0.6 is 15.9 Å². The number of amides is 1. The van der Waals surface area contributed by atoms with Crippen LogP contribution in [0.3, 0.4) is 0 Å². The van der Waals surface area contributed by atoms with E-state index in [1.807, 2.05) is 52.0 Å². The minimum Gasteiger partial charge on any atom is -0.496 e. The number of halogens is 1. The molecule has 0 radical (unpaired) electrons. The fourth-order valence-corrected chi connectivity index (χ4v) is 5.06. The summed E-state index contributed by atoms with van der Waals surface area (Å²) in [6.07, 6.45) is 6.48. The van der Waals surface area contributed by atoms with Crippen molar-refractivity contribution in [3.63, 3.8) is 0 Å². The van der Waals surface area contributed by atoms with E-state index in [2.05, 4.69) is 28.2 Å². The van der Waals surface area contributed by atoms with Crippen LogP contribution in [0.15, 0.2) is 34.8 Å². The van der Waals surface area contributed by atoms with Gasteiger partial charge < -0.3 is 15.8 Å². The van der Waals surface area contributed by atoms with Gasteiger partial charge in [0.05, 0.1) is 7.11 Å². The summed E-state index contributed by atoms with van der Waals surface area (Å²) in [5, 5.41) is 3.03. The van der Waals surface area contributed by atoms with E-state index in [1.165, 1.54) is 19.3 Å². The number of carbonyl (C=O) groups is 2. The Bertz CT molecular complexity index is 967. The van der Waals surface area contributed by atoms with Crippen molar-refractivity contribution >= 4 is 39.0 Å². The third kappa shape index (κ3) is 9.32. The second-order valence-electron chi connectivity index (χ2n) is 8.74. The first-order valence-corrected chi connectivity index (χ1v) is 13.5. The number of ether oxygens (including phenoxy) is 1. The summed E-state index contributed by atoms with van der Waals surface area (Å²) in [5.74, 6) is 2.02. The summed E-state index contributed by atoms with van der Waals surface area (Å²) in [5.41, 5.74) is 9.91. The summed E-state index contributed by atoms with van der Waals surface area (Å²) in [7, 11) is 1.65. The monoisotopic (exact) mass is 546 g/mol. The number of rotatable bonds is 6. The third-order valence-electron chi connectivity index (χ3n) is 6.42. The average molecular weight is 548 g/mol. The molecular formula is C29H43BrN2O3. The van der Waals surface area contributed by atoms with Crippen molar-refractivity contribution in [2.24, 2.45) is 11.8 Å². The van der Waals surface area contributed by atoms with E-state index >= 15 is 0 Å². The highest BCUT2D eigenvalue weighted by molar-refractivity contribution is 9.10. The van der Waals surface area contributed by atoms with E-state index in [1.54, 1.807) is 20.1 Å². The van der Waals surface area contributed by atoms with Crippen LogP contribution < -0.4 is 15.8 Å². The van der Waals surface area contributed by atoms with Crippen LogP contribution in [0.4, 0.5) is 11.4 Å². The normalized spacial score (nSPS) is 16.7. The van der Waals surface area contributed by atoms with Crippen molar-refractivity contribution in [1.82, 2.24) is 0 Å². The Hall–Kier alpha value is -2.34. The van der Waals surface area contributed by atoms with Gasteiger partial charge in [0.25, 0.3) is 0 Å². The molecule has 6 heteroatoms. The number of nitrogens with one attached hydrogen (secondary N) is 1.